The number of hydrogen-bond acceptors (Lipinski definition) is 5. The lowest BCUT2D eigenvalue weighted by molar-refractivity contribution is 0.463. The Hall–Kier alpha value is -2.15. The maximum absolute atomic E-state index is 5.75. The number of aromatic nitrogens is 4. The molecule has 3 aromatic rings. The number of hydrogen-bond donors (Lipinski definition) is 1. The van der Waals surface area contributed by atoms with Crippen LogP contribution < -0.4 is 10.1 Å². The van der Waals surface area contributed by atoms with Crippen LogP contribution >= 0.6 is 15.9 Å². The van der Waals surface area contributed by atoms with Crippen LogP contribution in [-0.4, -0.2) is 26.4 Å². The molecule has 0 aliphatic heterocycles. The van der Waals surface area contributed by atoms with Crippen molar-refractivity contribution >= 4 is 27.4 Å². The van der Waals surface area contributed by atoms with Gasteiger partial charge in [-0.15, -0.1) is 0 Å². The van der Waals surface area contributed by atoms with Crippen LogP contribution in [0.4, 0.5) is 5.82 Å². The standard InChI is InChI=1S/C12H10BrN5O/c1-14-10-7-18-3-2-16-11(18)12(17-10)19-9-4-8(13)5-15-6-9/h2-7,14H,1H3. The van der Waals surface area contributed by atoms with Gasteiger partial charge in [-0.2, -0.15) is 4.98 Å². The highest BCUT2D eigenvalue weighted by atomic mass is 79.9. The normalized spacial score (nSPS) is 10.6. The molecule has 0 aliphatic carbocycles. The third-order valence-electron chi connectivity index (χ3n) is 2.49. The van der Waals surface area contributed by atoms with Crippen LogP contribution in [0.3, 0.4) is 0 Å². The molecule has 6 nitrogen and oxygen atoms in total. The van der Waals surface area contributed by atoms with Gasteiger partial charge in [0.05, 0.1) is 12.4 Å². The highest BCUT2D eigenvalue weighted by Crippen LogP contribution is 2.25. The van der Waals surface area contributed by atoms with Crippen LogP contribution in [-0.2, 0) is 0 Å². The van der Waals surface area contributed by atoms with Crippen molar-refractivity contribution in [3.8, 4) is 11.6 Å². The van der Waals surface area contributed by atoms with Crippen LogP contribution in [0.2, 0.25) is 0 Å². The fourth-order valence-electron chi connectivity index (χ4n) is 1.65. The maximum atomic E-state index is 5.75. The molecule has 0 unspecified atom stereocenters. The SMILES string of the molecule is CNc1cn2ccnc2c(Oc2cncc(Br)c2)n1. The summed E-state index contributed by atoms with van der Waals surface area (Å²) in [5.41, 5.74) is 0.652. The summed E-state index contributed by atoms with van der Waals surface area (Å²) in [6.07, 6.45) is 8.69. The van der Waals surface area contributed by atoms with E-state index >= 15 is 0 Å². The van der Waals surface area contributed by atoms with Gasteiger partial charge in [0.2, 0.25) is 5.65 Å². The number of nitrogens with one attached hydrogen (secondary N) is 1. The predicted octanol–water partition coefficient (Wildman–Crippen LogP) is 2.72. The molecule has 3 heterocycles. The zero-order valence-corrected chi connectivity index (χ0v) is 11.6. The molecule has 1 N–H and O–H groups in total. The van der Waals surface area contributed by atoms with Gasteiger partial charge in [-0.25, -0.2) is 4.98 Å². The summed E-state index contributed by atoms with van der Waals surface area (Å²) in [5, 5.41) is 2.98. The van der Waals surface area contributed by atoms with Gasteiger partial charge in [-0.05, 0) is 22.0 Å². The molecule has 0 bridgehead atoms. The van der Waals surface area contributed by atoms with E-state index in [9.17, 15) is 0 Å². The van der Waals surface area contributed by atoms with E-state index in [4.69, 9.17) is 4.74 Å². The topological polar surface area (TPSA) is 64.3 Å². The summed E-state index contributed by atoms with van der Waals surface area (Å²) >= 11 is 3.35. The predicted molar refractivity (Wildman–Crippen MR) is 74.5 cm³/mol. The fraction of sp³-hybridized carbons (Fsp3) is 0.0833. The Kier molecular flexibility index (Phi) is 3.04. The largest absolute Gasteiger partial charge is 0.434 e. The smallest absolute Gasteiger partial charge is 0.265 e. The summed E-state index contributed by atoms with van der Waals surface area (Å²) in [4.78, 5) is 12.6. The monoisotopic (exact) mass is 319 g/mol. The van der Waals surface area contributed by atoms with Crippen LogP contribution in [0.15, 0.2) is 41.5 Å². The Labute approximate surface area is 117 Å². The van der Waals surface area contributed by atoms with Gasteiger partial charge < -0.3 is 10.1 Å². The van der Waals surface area contributed by atoms with E-state index in [0.29, 0.717) is 23.1 Å². The average Bonchev–Trinajstić information content (AvgIpc) is 2.87. The second kappa shape index (κ2) is 4.85. The first-order valence-electron chi connectivity index (χ1n) is 5.56. The van der Waals surface area contributed by atoms with Gasteiger partial charge in [-0.3, -0.25) is 9.38 Å². The second-order valence-electron chi connectivity index (χ2n) is 3.78. The van der Waals surface area contributed by atoms with Gasteiger partial charge in [0, 0.05) is 30.1 Å². The molecule has 3 rings (SSSR count). The lowest BCUT2D eigenvalue weighted by Gasteiger charge is -2.08. The minimum Gasteiger partial charge on any atom is -0.434 e. The molecule has 0 aliphatic rings. The minimum atomic E-state index is 0.428. The summed E-state index contributed by atoms with van der Waals surface area (Å²) < 4.78 is 8.43. The van der Waals surface area contributed by atoms with Crippen molar-refractivity contribution in [3.05, 3.63) is 41.5 Å². The number of imidazole rings is 1. The third kappa shape index (κ3) is 2.37. The van der Waals surface area contributed by atoms with Gasteiger partial charge in [0.15, 0.2) is 0 Å². The molecule has 0 saturated heterocycles. The number of ether oxygens (including phenoxy) is 1. The fourth-order valence-corrected chi connectivity index (χ4v) is 2.00. The molecule has 19 heavy (non-hydrogen) atoms. The van der Waals surface area contributed by atoms with Gasteiger partial charge in [0.1, 0.15) is 11.6 Å². The van der Waals surface area contributed by atoms with Gasteiger partial charge in [-0.1, -0.05) is 0 Å². The summed E-state index contributed by atoms with van der Waals surface area (Å²) in [6.45, 7) is 0. The van der Waals surface area contributed by atoms with E-state index in [1.165, 1.54) is 0 Å². The Morgan fingerprint density at radius 1 is 1.37 bits per heavy atom. The van der Waals surface area contributed by atoms with Crippen LogP contribution in [0.25, 0.3) is 5.65 Å². The first-order valence-corrected chi connectivity index (χ1v) is 6.35. The van der Waals surface area contributed by atoms with Crippen LogP contribution in [0.5, 0.6) is 11.6 Å². The van der Waals surface area contributed by atoms with Crippen LogP contribution in [0, 0.1) is 0 Å². The van der Waals surface area contributed by atoms with E-state index in [-0.39, 0.29) is 0 Å². The highest BCUT2D eigenvalue weighted by molar-refractivity contribution is 9.10. The lowest BCUT2D eigenvalue weighted by atomic mass is 10.4. The first-order chi connectivity index (χ1) is 9.26. The molecule has 0 saturated carbocycles. The van der Waals surface area contributed by atoms with Crippen molar-refractivity contribution in [2.45, 2.75) is 0 Å². The Bertz CT molecular complexity index is 727. The average molecular weight is 320 g/mol. The van der Waals surface area contributed by atoms with E-state index in [1.54, 1.807) is 25.6 Å². The van der Waals surface area contributed by atoms with Crippen molar-refractivity contribution in [2.24, 2.45) is 0 Å². The molecular weight excluding hydrogens is 310 g/mol. The zero-order valence-electron chi connectivity index (χ0n) is 10.0. The van der Waals surface area contributed by atoms with Crippen molar-refractivity contribution in [1.82, 2.24) is 19.4 Å². The number of nitrogens with zero attached hydrogens (tertiary/aromatic N) is 4. The van der Waals surface area contributed by atoms with E-state index in [0.717, 1.165) is 4.47 Å². The molecule has 0 atom stereocenters. The van der Waals surface area contributed by atoms with Crippen molar-refractivity contribution in [3.63, 3.8) is 0 Å². The summed E-state index contributed by atoms with van der Waals surface area (Å²) in [6, 6.07) is 1.82. The molecule has 7 heteroatoms. The van der Waals surface area contributed by atoms with Gasteiger partial charge >= 0.3 is 0 Å². The van der Waals surface area contributed by atoms with E-state index in [2.05, 4.69) is 36.2 Å². The molecule has 0 amide bonds. The number of halogens is 1. The van der Waals surface area contributed by atoms with Crippen molar-refractivity contribution < 1.29 is 4.74 Å². The molecule has 0 aromatic carbocycles. The van der Waals surface area contributed by atoms with E-state index in [1.807, 2.05) is 22.9 Å². The molecule has 96 valence electrons. The number of pyridine rings is 1. The van der Waals surface area contributed by atoms with Crippen LogP contribution in [0.1, 0.15) is 0 Å². The maximum Gasteiger partial charge on any atom is 0.265 e. The van der Waals surface area contributed by atoms with E-state index < -0.39 is 0 Å². The Morgan fingerprint density at radius 3 is 3.05 bits per heavy atom. The minimum absolute atomic E-state index is 0.428. The third-order valence-corrected chi connectivity index (χ3v) is 2.93. The molecule has 0 radical (unpaired) electrons. The molecule has 3 aromatic heterocycles. The van der Waals surface area contributed by atoms with Crippen molar-refractivity contribution in [2.75, 3.05) is 12.4 Å². The van der Waals surface area contributed by atoms with Gasteiger partial charge in [0.25, 0.3) is 5.88 Å². The number of anilines is 1. The zero-order chi connectivity index (χ0) is 13.2. The highest BCUT2D eigenvalue weighted by Gasteiger charge is 2.09. The Balaban J connectivity index is 2.06. The molecular formula is C12H10BrN5O. The number of rotatable bonds is 3. The first kappa shape index (κ1) is 11.9. The molecule has 0 fully saturated rings. The molecule has 0 spiro atoms. The Morgan fingerprint density at radius 2 is 2.26 bits per heavy atom. The second-order valence-corrected chi connectivity index (χ2v) is 4.70. The van der Waals surface area contributed by atoms with Crippen molar-refractivity contribution in [1.29, 1.82) is 0 Å². The quantitative estimate of drug-likeness (QED) is 0.804. The summed E-state index contributed by atoms with van der Waals surface area (Å²) in [7, 11) is 1.80. The lowest BCUT2D eigenvalue weighted by Crippen LogP contribution is -1.99. The number of fused-ring (bicyclic) bond motifs is 1. The summed E-state index contributed by atoms with van der Waals surface area (Å²) in [5.74, 6) is 1.72.